The molecule has 11 heteroatoms. The zero-order valence-corrected chi connectivity index (χ0v) is 19.4. The highest BCUT2D eigenvalue weighted by molar-refractivity contribution is 14.0. The van der Waals surface area contributed by atoms with Gasteiger partial charge in [0.2, 0.25) is 10.0 Å². The number of nitrogens with zero attached hydrogens (tertiary/aromatic N) is 1. The first-order valence-electron chi connectivity index (χ1n) is 9.35. The second-order valence-electron chi connectivity index (χ2n) is 6.78. The van der Waals surface area contributed by atoms with Crippen LogP contribution in [0.2, 0.25) is 0 Å². The first-order chi connectivity index (χ1) is 13.2. The summed E-state index contributed by atoms with van der Waals surface area (Å²) in [6.07, 6.45) is -1.06. The van der Waals surface area contributed by atoms with Crippen LogP contribution in [0.15, 0.2) is 29.3 Å². The van der Waals surface area contributed by atoms with Crippen molar-refractivity contribution in [1.29, 1.82) is 0 Å². The molecule has 1 aromatic carbocycles. The van der Waals surface area contributed by atoms with Gasteiger partial charge in [0.25, 0.3) is 0 Å². The van der Waals surface area contributed by atoms with Gasteiger partial charge < -0.3 is 10.6 Å². The number of halogens is 4. The predicted molar refractivity (Wildman–Crippen MR) is 119 cm³/mol. The van der Waals surface area contributed by atoms with Crippen molar-refractivity contribution in [2.75, 3.05) is 25.4 Å². The molecular weight excluding hydrogens is 520 g/mol. The molecule has 1 aliphatic rings. The van der Waals surface area contributed by atoms with Crippen molar-refractivity contribution in [3.63, 3.8) is 0 Å². The van der Waals surface area contributed by atoms with Gasteiger partial charge in [-0.05, 0) is 43.4 Å². The Labute approximate surface area is 187 Å². The fourth-order valence-electron chi connectivity index (χ4n) is 2.63. The van der Waals surface area contributed by atoms with E-state index in [2.05, 4.69) is 20.3 Å². The third-order valence-electron chi connectivity index (χ3n) is 4.53. The maximum atomic E-state index is 12.6. The lowest BCUT2D eigenvalue weighted by molar-refractivity contribution is -0.137. The number of guanidine groups is 1. The van der Waals surface area contributed by atoms with E-state index in [0.29, 0.717) is 30.5 Å². The molecule has 6 nitrogen and oxygen atoms in total. The summed E-state index contributed by atoms with van der Waals surface area (Å²) in [4.78, 5) is 4.29. The van der Waals surface area contributed by atoms with Gasteiger partial charge in [-0.3, -0.25) is 0 Å². The first-order valence-corrected chi connectivity index (χ1v) is 11.0. The molecule has 1 aromatic rings. The molecule has 0 saturated heterocycles. The average Bonchev–Trinajstić information content (AvgIpc) is 2.57. The fourth-order valence-corrected chi connectivity index (χ4v) is 3.63. The normalized spacial score (nSPS) is 15.4. The van der Waals surface area contributed by atoms with Crippen LogP contribution < -0.4 is 15.4 Å². The molecule has 0 bridgehead atoms. The Hall–Kier alpha value is -1.08. The molecular formula is C18H28F3IN4O2S. The van der Waals surface area contributed by atoms with Gasteiger partial charge in [-0.25, -0.2) is 18.1 Å². The highest BCUT2D eigenvalue weighted by Crippen LogP contribution is 2.29. The Morgan fingerprint density at radius 3 is 2.34 bits per heavy atom. The van der Waals surface area contributed by atoms with Crippen LogP contribution in [0.3, 0.4) is 0 Å². The van der Waals surface area contributed by atoms with Crippen LogP contribution in [-0.4, -0.2) is 39.8 Å². The van der Waals surface area contributed by atoms with E-state index < -0.39 is 21.8 Å². The lowest BCUT2D eigenvalue weighted by Gasteiger charge is -2.25. The molecule has 0 amide bonds. The van der Waals surface area contributed by atoms with Crippen LogP contribution in [0.1, 0.15) is 37.3 Å². The highest BCUT2D eigenvalue weighted by atomic mass is 127. The number of rotatable bonds is 9. The van der Waals surface area contributed by atoms with Gasteiger partial charge in [0.05, 0.1) is 17.9 Å². The minimum Gasteiger partial charge on any atom is -0.357 e. The van der Waals surface area contributed by atoms with Crippen molar-refractivity contribution in [2.24, 2.45) is 10.9 Å². The Kier molecular flexibility index (Phi) is 10.7. The Morgan fingerprint density at radius 2 is 1.83 bits per heavy atom. The van der Waals surface area contributed by atoms with Gasteiger partial charge in [0.1, 0.15) is 0 Å². The molecule has 0 aromatic heterocycles. The summed E-state index contributed by atoms with van der Waals surface area (Å²) < 4.78 is 64.4. The molecule has 0 heterocycles. The maximum absolute atomic E-state index is 12.6. The summed E-state index contributed by atoms with van der Waals surface area (Å²) >= 11 is 0. The van der Waals surface area contributed by atoms with Crippen molar-refractivity contribution in [2.45, 2.75) is 38.9 Å². The van der Waals surface area contributed by atoms with E-state index in [4.69, 9.17) is 0 Å². The number of benzene rings is 1. The van der Waals surface area contributed by atoms with Crippen LogP contribution in [0.25, 0.3) is 0 Å². The van der Waals surface area contributed by atoms with Gasteiger partial charge in [-0.1, -0.05) is 18.6 Å². The van der Waals surface area contributed by atoms with Crippen molar-refractivity contribution >= 4 is 40.0 Å². The van der Waals surface area contributed by atoms with Crippen LogP contribution in [0, 0.1) is 5.92 Å². The van der Waals surface area contributed by atoms with Crippen molar-refractivity contribution in [3.8, 4) is 0 Å². The summed E-state index contributed by atoms with van der Waals surface area (Å²) in [5.41, 5.74) is -0.0788. The average molecular weight is 548 g/mol. The second-order valence-corrected chi connectivity index (χ2v) is 8.71. The summed E-state index contributed by atoms with van der Waals surface area (Å²) in [5, 5.41) is 5.92. The van der Waals surface area contributed by atoms with E-state index in [-0.39, 0.29) is 42.8 Å². The maximum Gasteiger partial charge on any atom is 0.416 e. The number of hydrogen-bond acceptors (Lipinski definition) is 3. The lowest BCUT2D eigenvalue weighted by atomic mass is 9.86. The molecule has 29 heavy (non-hydrogen) atoms. The molecule has 0 radical (unpaired) electrons. The molecule has 1 fully saturated rings. The number of hydrogen-bond donors (Lipinski definition) is 3. The number of aliphatic imine (C=N–C) groups is 1. The fraction of sp³-hybridized carbons (Fsp3) is 0.611. The van der Waals surface area contributed by atoms with Crippen LogP contribution in [0.5, 0.6) is 0 Å². The minimum absolute atomic E-state index is 0. The predicted octanol–water partition coefficient (Wildman–Crippen LogP) is 3.10. The van der Waals surface area contributed by atoms with Crippen LogP contribution in [0.4, 0.5) is 13.2 Å². The zero-order chi connectivity index (χ0) is 20.6. The van der Waals surface area contributed by atoms with Crippen molar-refractivity contribution < 1.29 is 21.6 Å². The van der Waals surface area contributed by atoms with Gasteiger partial charge in [0.15, 0.2) is 5.96 Å². The number of nitrogens with one attached hydrogen (secondary N) is 3. The topological polar surface area (TPSA) is 82.6 Å². The van der Waals surface area contributed by atoms with Crippen LogP contribution >= 0.6 is 24.0 Å². The van der Waals surface area contributed by atoms with Gasteiger partial charge in [0, 0.05) is 19.6 Å². The van der Waals surface area contributed by atoms with Gasteiger partial charge >= 0.3 is 6.18 Å². The monoisotopic (exact) mass is 548 g/mol. The second kappa shape index (κ2) is 11.9. The summed E-state index contributed by atoms with van der Waals surface area (Å²) in [5.74, 6) is 0.784. The molecule has 0 aliphatic heterocycles. The third kappa shape index (κ3) is 9.51. The zero-order valence-electron chi connectivity index (χ0n) is 16.3. The first kappa shape index (κ1) is 26.0. The quantitative estimate of drug-likeness (QED) is 0.252. The number of alkyl halides is 3. The third-order valence-corrected chi connectivity index (χ3v) is 5.87. The van der Waals surface area contributed by atoms with E-state index in [1.165, 1.54) is 12.1 Å². The highest BCUT2D eigenvalue weighted by Gasteiger charge is 2.29. The Bertz CT molecular complexity index is 751. The molecule has 0 atom stereocenters. The van der Waals surface area contributed by atoms with E-state index in [1.807, 2.05) is 6.92 Å². The number of sulfonamides is 1. The SMILES string of the molecule is CCNC(=NCc1ccc(C(F)(F)F)cc1)NCCS(=O)(=O)NCC1CCC1.I. The van der Waals surface area contributed by atoms with Gasteiger partial charge in [-0.15, -0.1) is 24.0 Å². The van der Waals surface area contributed by atoms with E-state index in [9.17, 15) is 21.6 Å². The molecule has 0 unspecified atom stereocenters. The molecule has 1 saturated carbocycles. The van der Waals surface area contributed by atoms with Gasteiger partial charge in [-0.2, -0.15) is 13.2 Å². The standard InChI is InChI=1S/C18H27F3N4O2S.HI/c1-2-22-17(23-10-11-28(26,27)25-13-14-4-3-5-14)24-12-15-6-8-16(9-7-15)18(19,20)21;/h6-9,14,25H,2-5,10-13H2,1H3,(H2,22,23,24);1H. The van der Waals surface area contributed by atoms with E-state index >= 15 is 0 Å². The lowest BCUT2D eigenvalue weighted by Crippen LogP contribution is -2.42. The Balaban J connectivity index is 0.00000420. The smallest absolute Gasteiger partial charge is 0.357 e. The van der Waals surface area contributed by atoms with Crippen LogP contribution in [-0.2, 0) is 22.7 Å². The molecule has 0 spiro atoms. The molecule has 3 N–H and O–H groups in total. The summed E-state index contributed by atoms with van der Waals surface area (Å²) in [7, 11) is -3.35. The molecule has 1 aliphatic carbocycles. The Morgan fingerprint density at radius 1 is 1.17 bits per heavy atom. The summed E-state index contributed by atoms with van der Waals surface area (Å²) in [6.45, 7) is 3.29. The molecule has 166 valence electrons. The minimum atomic E-state index is -4.36. The van der Waals surface area contributed by atoms with E-state index in [0.717, 1.165) is 31.4 Å². The van der Waals surface area contributed by atoms with Crippen molar-refractivity contribution in [1.82, 2.24) is 15.4 Å². The largest absolute Gasteiger partial charge is 0.416 e. The van der Waals surface area contributed by atoms with Crippen molar-refractivity contribution in [3.05, 3.63) is 35.4 Å². The summed E-state index contributed by atoms with van der Waals surface area (Å²) in [6, 6.07) is 4.80. The molecule has 2 rings (SSSR count). The van der Waals surface area contributed by atoms with E-state index in [1.54, 1.807) is 0 Å².